The highest BCUT2D eigenvalue weighted by atomic mass is 32.2. The molecule has 0 fully saturated rings. The molecule has 2 aromatic carbocycles. The largest absolute Gasteiger partial charge is 0.321 e. The Morgan fingerprint density at radius 2 is 2.00 bits per heavy atom. The van der Waals surface area contributed by atoms with Crippen LogP contribution in [0, 0.1) is 6.92 Å². The van der Waals surface area contributed by atoms with E-state index in [2.05, 4.69) is 10.3 Å². The normalized spacial score (nSPS) is 14.3. The number of hydrogen-bond donors (Lipinski definition) is 1. The van der Waals surface area contributed by atoms with Crippen LogP contribution in [-0.2, 0) is 23.0 Å². The number of thiophene rings is 1. The molecule has 1 aliphatic heterocycles. The summed E-state index contributed by atoms with van der Waals surface area (Å²) in [5.74, 6) is -0.366. The first kappa shape index (κ1) is 20.8. The zero-order valence-corrected chi connectivity index (χ0v) is 19.0. The van der Waals surface area contributed by atoms with Crippen LogP contribution in [0.25, 0.3) is 10.9 Å². The van der Waals surface area contributed by atoms with Crippen molar-refractivity contribution in [1.82, 2.24) is 9.29 Å². The van der Waals surface area contributed by atoms with Crippen molar-refractivity contribution in [2.75, 3.05) is 11.9 Å². The summed E-state index contributed by atoms with van der Waals surface area (Å²) in [6.07, 6.45) is 2.43. The van der Waals surface area contributed by atoms with E-state index in [4.69, 9.17) is 0 Å². The highest BCUT2D eigenvalue weighted by Crippen LogP contribution is 2.29. The average molecular weight is 464 g/mol. The lowest BCUT2D eigenvalue weighted by molar-refractivity contribution is 0.102. The molecule has 0 radical (unpaired) electrons. The van der Waals surface area contributed by atoms with Crippen molar-refractivity contribution in [2.45, 2.75) is 24.8 Å². The summed E-state index contributed by atoms with van der Waals surface area (Å²) in [4.78, 5) is 18.7. The van der Waals surface area contributed by atoms with Gasteiger partial charge in [0, 0.05) is 35.1 Å². The zero-order valence-electron chi connectivity index (χ0n) is 17.4. The Hall–Kier alpha value is -3.07. The van der Waals surface area contributed by atoms with Gasteiger partial charge >= 0.3 is 0 Å². The van der Waals surface area contributed by atoms with Crippen LogP contribution in [0.2, 0.25) is 0 Å². The molecule has 3 heterocycles. The molecule has 2 aromatic heterocycles. The summed E-state index contributed by atoms with van der Waals surface area (Å²) < 4.78 is 28.0. The monoisotopic (exact) mass is 463 g/mol. The van der Waals surface area contributed by atoms with Crippen LogP contribution >= 0.6 is 11.3 Å². The van der Waals surface area contributed by atoms with Gasteiger partial charge in [0.1, 0.15) is 0 Å². The van der Waals surface area contributed by atoms with Gasteiger partial charge in [-0.15, -0.1) is 11.3 Å². The number of anilines is 1. The maximum absolute atomic E-state index is 13.3. The molecule has 4 aromatic rings. The van der Waals surface area contributed by atoms with Gasteiger partial charge in [-0.1, -0.05) is 12.1 Å². The van der Waals surface area contributed by atoms with E-state index in [1.165, 1.54) is 15.2 Å². The SMILES string of the molecule is Cc1ccc(NC(=O)c2cccc(S(=O)(=O)N3CCc4sccc4C3)c2)c2cccnc12. The van der Waals surface area contributed by atoms with Crippen LogP contribution in [0.1, 0.15) is 26.4 Å². The van der Waals surface area contributed by atoms with Crippen molar-refractivity contribution in [3.63, 3.8) is 0 Å². The van der Waals surface area contributed by atoms with E-state index >= 15 is 0 Å². The Kier molecular flexibility index (Phi) is 5.28. The van der Waals surface area contributed by atoms with Crippen LogP contribution in [-0.4, -0.2) is 30.2 Å². The minimum Gasteiger partial charge on any atom is -0.321 e. The van der Waals surface area contributed by atoms with Gasteiger partial charge in [0.2, 0.25) is 10.0 Å². The molecule has 0 saturated heterocycles. The Morgan fingerprint density at radius 3 is 2.88 bits per heavy atom. The van der Waals surface area contributed by atoms with Gasteiger partial charge in [-0.3, -0.25) is 9.78 Å². The highest BCUT2D eigenvalue weighted by Gasteiger charge is 2.29. The third-order valence-corrected chi connectivity index (χ3v) is 8.59. The third kappa shape index (κ3) is 3.70. The van der Waals surface area contributed by atoms with Crippen LogP contribution in [0.3, 0.4) is 0 Å². The van der Waals surface area contributed by atoms with Crippen LogP contribution in [0.4, 0.5) is 5.69 Å². The molecule has 0 atom stereocenters. The van der Waals surface area contributed by atoms with E-state index in [-0.39, 0.29) is 16.4 Å². The van der Waals surface area contributed by atoms with Crippen LogP contribution < -0.4 is 5.32 Å². The Balaban J connectivity index is 1.42. The number of nitrogens with one attached hydrogen (secondary N) is 1. The molecule has 0 unspecified atom stereocenters. The van der Waals surface area contributed by atoms with E-state index in [1.807, 2.05) is 42.6 Å². The minimum atomic E-state index is -3.70. The molecule has 32 heavy (non-hydrogen) atoms. The maximum Gasteiger partial charge on any atom is 0.255 e. The zero-order chi connectivity index (χ0) is 22.3. The van der Waals surface area contributed by atoms with E-state index in [9.17, 15) is 13.2 Å². The Bertz CT molecular complexity index is 1440. The summed E-state index contributed by atoms with van der Waals surface area (Å²) in [5, 5.41) is 5.74. The molecule has 0 aliphatic carbocycles. The molecular weight excluding hydrogens is 442 g/mol. The number of benzene rings is 2. The number of fused-ring (bicyclic) bond motifs is 2. The molecule has 8 heteroatoms. The quantitative estimate of drug-likeness (QED) is 0.480. The van der Waals surface area contributed by atoms with Crippen molar-refractivity contribution in [1.29, 1.82) is 0 Å². The second-order valence-corrected chi connectivity index (χ2v) is 10.7. The number of aryl methyl sites for hydroxylation is 1. The maximum atomic E-state index is 13.3. The van der Waals surface area contributed by atoms with Crippen molar-refractivity contribution in [3.8, 4) is 0 Å². The molecule has 1 N–H and O–H groups in total. The van der Waals surface area contributed by atoms with Gasteiger partial charge in [0.15, 0.2) is 0 Å². The molecule has 0 bridgehead atoms. The molecule has 5 rings (SSSR count). The standard InChI is InChI=1S/C24H21N3O3S2/c1-16-7-8-21(20-6-3-11-25-23(16)20)26-24(28)17-4-2-5-19(14-17)32(29,30)27-12-9-22-18(15-27)10-13-31-22/h2-8,10-11,13-14H,9,12,15H2,1H3,(H,26,28). The Morgan fingerprint density at radius 1 is 1.12 bits per heavy atom. The fraction of sp³-hybridized carbons (Fsp3) is 0.167. The number of hydrogen-bond acceptors (Lipinski definition) is 5. The predicted octanol–water partition coefficient (Wildman–Crippen LogP) is 4.60. The van der Waals surface area contributed by atoms with Gasteiger partial charge in [-0.25, -0.2) is 8.42 Å². The van der Waals surface area contributed by atoms with E-state index in [0.29, 0.717) is 25.2 Å². The number of rotatable bonds is 4. The second kappa shape index (κ2) is 8.12. The summed E-state index contributed by atoms with van der Waals surface area (Å²) in [6.45, 7) is 2.77. The van der Waals surface area contributed by atoms with Gasteiger partial charge < -0.3 is 5.32 Å². The van der Waals surface area contributed by atoms with Gasteiger partial charge in [0.05, 0.1) is 16.1 Å². The second-order valence-electron chi connectivity index (χ2n) is 7.77. The Labute approximate surface area is 190 Å². The van der Waals surface area contributed by atoms with Gasteiger partial charge in [-0.05, 0) is 72.3 Å². The van der Waals surface area contributed by atoms with E-state index < -0.39 is 10.0 Å². The lowest BCUT2D eigenvalue weighted by Gasteiger charge is -2.26. The summed E-state index contributed by atoms with van der Waals surface area (Å²) in [6, 6.07) is 15.7. The molecule has 0 saturated carbocycles. The molecule has 1 aliphatic rings. The van der Waals surface area contributed by atoms with Crippen LogP contribution in [0.15, 0.2) is 71.1 Å². The smallest absolute Gasteiger partial charge is 0.255 e. The summed E-state index contributed by atoms with van der Waals surface area (Å²) >= 11 is 1.66. The first-order valence-corrected chi connectivity index (χ1v) is 12.6. The van der Waals surface area contributed by atoms with Crippen molar-refractivity contribution in [2.24, 2.45) is 0 Å². The average Bonchev–Trinajstić information content (AvgIpc) is 3.29. The molecule has 162 valence electrons. The molecular formula is C24H21N3O3S2. The number of aromatic nitrogens is 1. The van der Waals surface area contributed by atoms with Gasteiger partial charge in [-0.2, -0.15) is 4.31 Å². The first-order chi connectivity index (χ1) is 15.4. The topological polar surface area (TPSA) is 79.4 Å². The number of pyridine rings is 1. The van der Waals surface area contributed by atoms with Crippen LogP contribution in [0.5, 0.6) is 0 Å². The van der Waals surface area contributed by atoms with E-state index in [1.54, 1.807) is 35.7 Å². The van der Waals surface area contributed by atoms with Crippen molar-refractivity contribution < 1.29 is 13.2 Å². The van der Waals surface area contributed by atoms with Gasteiger partial charge in [0.25, 0.3) is 5.91 Å². The number of carbonyl (C=O) groups is 1. The number of amides is 1. The molecule has 6 nitrogen and oxygen atoms in total. The number of sulfonamides is 1. The minimum absolute atomic E-state index is 0.124. The number of nitrogens with zero attached hydrogens (tertiary/aromatic N) is 2. The highest BCUT2D eigenvalue weighted by molar-refractivity contribution is 7.89. The summed E-state index contributed by atoms with van der Waals surface area (Å²) in [5.41, 5.74) is 3.81. The first-order valence-electron chi connectivity index (χ1n) is 10.2. The molecule has 1 amide bonds. The fourth-order valence-corrected chi connectivity index (χ4v) is 6.35. The lowest BCUT2D eigenvalue weighted by Crippen LogP contribution is -2.35. The lowest BCUT2D eigenvalue weighted by atomic mass is 10.1. The molecule has 0 spiro atoms. The fourth-order valence-electron chi connectivity index (χ4n) is 3.99. The van der Waals surface area contributed by atoms with Crippen molar-refractivity contribution >= 4 is 43.9 Å². The predicted molar refractivity (Wildman–Crippen MR) is 126 cm³/mol. The summed E-state index contributed by atoms with van der Waals surface area (Å²) in [7, 11) is -3.70. The number of carbonyl (C=O) groups excluding carboxylic acids is 1. The van der Waals surface area contributed by atoms with E-state index in [0.717, 1.165) is 22.0 Å². The van der Waals surface area contributed by atoms with Crippen molar-refractivity contribution in [3.05, 3.63) is 87.7 Å². The third-order valence-electron chi connectivity index (χ3n) is 5.73.